The average Bonchev–Trinajstić information content (AvgIpc) is 2.93. The van der Waals surface area contributed by atoms with Gasteiger partial charge in [-0.25, -0.2) is 9.97 Å². The van der Waals surface area contributed by atoms with Crippen molar-refractivity contribution in [2.24, 2.45) is 5.92 Å². The van der Waals surface area contributed by atoms with Crippen molar-refractivity contribution in [3.05, 3.63) is 16.0 Å². The van der Waals surface area contributed by atoms with Crippen molar-refractivity contribution in [3.63, 3.8) is 0 Å². The molecule has 3 nitrogen and oxygen atoms in total. The molecule has 1 aliphatic carbocycles. The summed E-state index contributed by atoms with van der Waals surface area (Å²) in [4.78, 5) is 9.47. The molecule has 0 bridgehead atoms. The van der Waals surface area contributed by atoms with Crippen LogP contribution in [-0.2, 0) is 5.75 Å². The predicted octanol–water partition coefficient (Wildman–Crippen LogP) is 4.83. The van der Waals surface area contributed by atoms with E-state index in [1.54, 1.807) is 0 Å². The summed E-state index contributed by atoms with van der Waals surface area (Å²) in [5.74, 6) is 5.28. The van der Waals surface area contributed by atoms with Crippen LogP contribution in [-0.4, -0.2) is 22.8 Å². The highest BCUT2D eigenvalue weighted by molar-refractivity contribution is 9.10. The molecule has 1 saturated carbocycles. The van der Waals surface area contributed by atoms with Gasteiger partial charge in [0.1, 0.15) is 11.6 Å². The van der Waals surface area contributed by atoms with E-state index in [4.69, 9.17) is 4.98 Å². The number of thioether (sulfide) groups is 1. The van der Waals surface area contributed by atoms with E-state index < -0.39 is 0 Å². The Bertz CT molecular complexity index is 445. The van der Waals surface area contributed by atoms with Gasteiger partial charge < -0.3 is 5.32 Å². The first kappa shape index (κ1) is 16.1. The summed E-state index contributed by atoms with van der Waals surface area (Å²) in [6.07, 6.45) is 5.18. The summed E-state index contributed by atoms with van der Waals surface area (Å²) in [7, 11) is 1.93. The first-order valence-electron chi connectivity index (χ1n) is 7.43. The van der Waals surface area contributed by atoms with Crippen molar-refractivity contribution < 1.29 is 0 Å². The normalized spacial score (nSPS) is 16.1. The van der Waals surface area contributed by atoms with Crippen molar-refractivity contribution in [1.29, 1.82) is 0 Å². The molecule has 0 amide bonds. The number of nitrogens with zero attached hydrogens (tertiary/aromatic N) is 2. The molecule has 1 fully saturated rings. The fourth-order valence-corrected chi connectivity index (χ4v) is 4.20. The molecule has 1 aromatic heterocycles. The monoisotopic (exact) mass is 357 g/mol. The van der Waals surface area contributed by atoms with Gasteiger partial charge in [-0.2, -0.15) is 11.8 Å². The molecular formula is C15H24BrN3S. The Morgan fingerprint density at radius 3 is 2.60 bits per heavy atom. The van der Waals surface area contributed by atoms with E-state index in [1.165, 1.54) is 31.4 Å². The van der Waals surface area contributed by atoms with Gasteiger partial charge in [0, 0.05) is 13.0 Å². The summed E-state index contributed by atoms with van der Waals surface area (Å²) < 4.78 is 1.06. The number of hydrogen-bond acceptors (Lipinski definition) is 4. The van der Waals surface area contributed by atoms with E-state index in [-0.39, 0.29) is 0 Å². The number of anilines is 1. The maximum Gasteiger partial charge on any atom is 0.144 e. The molecule has 5 heteroatoms. The van der Waals surface area contributed by atoms with Crippen LogP contribution < -0.4 is 5.32 Å². The van der Waals surface area contributed by atoms with E-state index in [9.17, 15) is 0 Å². The minimum Gasteiger partial charge on any atom is -0.372 e. The molecule has 0 radical (unpaired) electrons. The third-order valence-electron chi connectivity index (χ3n) is 3.58. The molecule has 0 saturated heterocycles. The number of hydrogen-bond donors (Lipinski definition) is 1. The zero-order valence-electron chi connectivity index (χ0n) is 12.6. The molecule has 0 aromatic carbocycles. The van der Waals surface area contributed by atoms with Gasteiger partial charge in [0.05, 0.1) is 15.9 Å². The second-order valence-electron chi connectivity index (χ2n) is 5.83. The second-order valence-corrected chi connectivity index (χ2v) is 7.65. The molecule has 0 atom stereocenters. The van der Waals surface area contributed by atoms with Crippen LogP contribution in [0.25, 0.3) is 0 Å². The molecule has 2 rings (SSSR count). The summed E-state index contributed by atoms with van der Waals surface area (Å²) in [6.45, 7) is 4.50. The standard InChI is InChI=1S/C15H24BrN3S/c1-10(2)8-20-9-12-18-14(11-6-4-5-7-11)13(16)15(17-3)19-12/h10-11H,4-9H2,1-3H3,(H,17,18,19). The highest BCUT2D eigenvalue weighted by atomic mass is 79.9. The van der Waals surface area contributed by atoms with Crippen LogP contribution in [0.4, 0.5) is 5.82 Å². The fourth-order valence-electron chi connectivity index (χ4n) is 2.60. The highest BCUT2D eigenvalue weighted by Gasteiger charge is 2.23. The minimum atomic E-state index is 0.605. The predicted molar refractivity (Wildman–Crippen MR) is 91.5 cm³/mol. The Morgan fingerprint density at radius 1 is 1.30 bits per heavy atom. The Hall–Kier alpha value is -0.290. The second kappa shape index (κ2) is 7.64. The van der Waals surface area contributed by atoms with Crippen molar-refractivity contribution in [2.75, 3.05) is 18.1 Å². The summed E-state index contributed by atoms with van der Waals surface area (Å²) in [6, 6.07) is 0. The number of aromatic nitrogens is 2. The lowest BCUT2D eigenvalue weighted by Gasteiger charge is -2.15. The largest absolute Gasteiger partial charge is 0.372 e. The minimum absolute atomic E-state index is 0.605. The lowest BCUT2D eigenvalue weighted by Crippen LogP contribution is -2.08. The molecule has 1 N–H and O–H groups in total. The number of rotatable bonds is 6. The van der Waals surface area contributed by atoms with Crippen molar-refractivity contribution >= 4 is 33.5 Å². The van der Waals surface area contributed by atoms with Crippen LogP contribution in [0.5, 0.6) is 0 Å². The van der Waals surface area contributed by atoms with Crippen molar-refractivity contribution in [2.45, 2.75) is 51.2 Å². The van der Waals surface area contributed by atoms with E-state index in [0.29, 0.717) is 11.8 Å². The van der Waals surface area contributed by atoms with Gasteiger partial charge >= 0.3 is 0 Å². The SMILES string of the molecule is CNc1nc(CSCC(C)C)nc(C2CCCC2)c1Br. The van der Waals surface area contributed by atoms with Crippen LogP contribution in [0.1, 0.15) is 57.0 Å². The van der Waals surface area contributed by atoms with Crippen LogP contribution >= 0.6 is 27.7 Å². The van der Waals surface area contributed by atoms with Gasteiger partial charge in [0.2, 0.25) is 0 Å². The lowest BCUT2D eigenvalue weighted by molar-refractivity contribution is 0.684. The summed E-state index contributed by atoms with van der Waals surface area (Å²) in [5.41, 5.74) is 1.21. The lowest BCUT2D eigenvalue weighted by atomic mass is 10.0. The molecule has 20 heavy (non-hydrogen) atoms. The molecule has 1 aromatic rings. The maximum atomic E-state index is 4.84. The Balaban J connectivity index is 2.17. The number of nitrogens with one attached hydrogen (secondary N) is 1. The third-order valence-corrected chi connectivity index (χ3v) is 5.73. The highest BCUT2D eigenvalue weighted by Crippen LogP contribution is 2.38. The van der Waals surface area contributed by atoms with E-state index in [2.05, 4.69) is 40.1 Å². The van der Waals surface area contributed by atoms with Crippen LogP contribution in [0.2, 0.25) is 0 Å². The smallest absolute Gasteiger partial charge is 0.144 e. The molecule has 1 heterocycles. The van der Waals surface area contributed by atoms with Crippen LogP contribution in [0, 0.1) is 5.92 Å². The fraction of sp³-hybridized carbons (Fsp3) is 0.733. The van der Waals surface area contributed by atoms with E-state index in [0.717, 1.165) is 27.6 Å². The zero-order valence-corrected chi connectivity index (χ0v) is 15.0. The quantitative estimate of drug-likeness (QED) is 0.791. The summed E-state index contributed by atoms with van der Waals surface area (Å²) in [5, 5.41) is 3.19. The van der Waals surface area contributed by atoms with Crippen molar-refractivity contribution in [1.82, 2.24) is 9.97 Å². The van der Waals surface area contributed by atoms with Crippen LogP contribution in [0.3, 0.4) is 0 Å². The van der Waals surface area contributed by atoms with E-state index >= 15 is 0 Å². The first-order valence-corrected chi connectivity index (χ1v) is 9.38. The molecule has 0 unspecified atom stereocenters. The van der Waals surface area contributed by atoms with Gasteiger partial charge in [-0.15, -0.1) is 0 Å². The third kappa shape index (κ3) is 4.10. The molecule has 0 aliphatic heterocycles. The van der Waals surface area contributed by atoms with E-state index in [1.807, 2.05) is 18.8 Å². The van der Waals surface area contributed by atoms with Crippen LogP contribution in [0.15, 0.2) is 4.47 Å². The van der Waals surface area contributed by atoms with Gasteiger partial charge in [-0.3, -0.25) is 0 Å². The zero-order chi connectivity index (χ0) is 14.5. The summed E-state index contributed by atoms with van der Waals surface area (Å²) >= 11 is 5.61. The Kier molecular flexibility index (Phi) is 6.15. The molecule has 0 spiro atoms. The maximum absolute atomic E-state index is 4.84. The first-order chi connectivity index (χ1) is 9.61. The Labute approximate surface area is 134 Å². The topological polar surface area (TPSA) is 37.8 Å². The molecule has 112 valence electrons. The van der Waals surface area contributed by atoms with Gasteiger partial charge in [0.25, 0.3) is 0 Å². The Morgan fingerprint density at radius 2 is 2.00 bits per heavy atom. The van der Waals surface area contributed by atoms with Gasteiger partial charge in [-0.05, 0) is 40.4 Å². The molecular weight excluding hydrogens is 334 g/mol. The molecule has 1 aliphatic rings. The van der Waals surface area contributed by atoms with Crippen molar-refractivity contribution in [3.8, 4) is 0 Å². The van der Waals surface area contributed by atoms with Gasteiger partial charge in [0.15, 0.2) is 0 Å². The average molecular weight is 358 g/mol. The number of halogens is 1. The van der Waals surface area contributed by atoms with Gasteiger partial charge in [-0.1, -0.05) is 26.7 Å².